The maximum Gasteiger partial charge on any atom is 0.151 e. The highest BCUT2D eigenvalue weighted by molar-refractivity contribution is 6.33. The molecule has 0 saturated carbocycles. The summed E-state index contributed by atoms with van der Waals surface area (Å²) in [5.74, 6) is 0.650. The predicted octanol–water partition coefficient (Wildman–Crippen LogP) is 2.79. The molecule has 0 atom stereocenters. The molecule has 1 aromatic carbocycles. The van der Waals surface area contributed by atoms with E-state index >= 15 is 0 Å². The van der Waals surface area contributed by atoms with Crippen molar-refractivity contribution in [3.05, 3.63) is 53.2 Å². The van der Waals surface area contributed by atoms with E-state index in [-0.39, 0.29) is 5.84 Å². The number of pyridine rings is 1. The second kappa shape index (κ2) is 5.06. The lowest BCUT2D eigenvalue weighted by molar-refractivity contribution is 1.12. The summed E-state index contributed by atoms with van der Waals surface area (Å²) in [6.07, 6.45) is 1.67. The van der Waals surface area contributed by atoms with E-state index in [1.165, 1.54) is 0 Å². The number of nitrogens with zero attached hydrogens (tertiary/aromatic N) is 2. The zero-order valence-electron chi connectivity index (χ0n) is 9.89. The molecule has 92 valence electrons. The molecular weight excluding hydrogens is 248 g/mol. The predicted molar refractivity (Wildman–Crippen MR) is 74.8 cm³/mol. The van der Waals surface area contributed by atoms with E-state index in [2.05, 4.69) is 4.98 Å². The van der Waals surface area contributed by atoms with Crippen LogP contribution in [0.4, 0.5) is 11.5 Å². The average Bonchev–Trinajstić information content (AvgIpc) is 2.38. The molecule has 2 aromatic rings. The second-order valence-corrected chi connectivity index (χ2v) is 4.21. The van der Waals surface area contributed by atoms with Gasteiger partial charge in [-0.3, -0.25) is 5.41 Å². The number of amidine groups is 1. The molecule has 2 rings (SSSR count). The molecule has 0 amide bonds. The van der Waals surface area contributed by atoms with Gasteiger partial charge in [-0.15, -0.1) is 0 Å². The lowest BCUT2D eigenvalue weighted by Crippen LogP contribution is -2.19. The lowest BCUT2D eigenvalue weighted by Gasteiger charge is -2.21. The minimum atomic E-state index is 0.0181. The van der Waals surface area contributed by atoms with Crippen LogP contribution in [-0.4, -0.2) is 17.9 Å². The Kier molecular flexibility index (Phi) is 3.48. The van der Waals surface area contributed by atoms with Crippen LogP contribution in [0.1, 0.15) is 5.56 Å². The zero-order valence-corrected chi connectivity index (χ0v) is 10.6. The van der Waals surface area contributed by atoms with Gasteiger partial charge in [0.05, 0.1) is 10.7 Å². The number of hydrogen-bond donors (Lipinski definition) is 2. The molecule has 0 spiro atoms. The van der Waals surface area contributed by atoms with E-state index in [0.717, 1.165) is 5.69 Å². The fourth-order valence-electron chi connectivity index (χ4n) is 1.73. The van der Waals surface area contributed by atoms with Crippen molar-refractivity contribution in [2.75, 3.05) is 11.9 Å². The summed E-state index contributed by atoms with van der Waals surface area (Å²) in [6.45, 7) is 0. The van der Waals surface area contributed by atoms with Gasteiger partial charge in [-0.2, -0.15) is 0 Å². The van der Waals surface area contributed by atoms with Crippen LogP contribution in [0, 0.1) is 5.41 Å². The van der Waals surface area contributed by atoms with Crippen LogP contribution in [0.25, 0.3) is 0 Å². The Morgan fingerprint density at radius 2 is 2.00 bits per heavy atom. The first-order valence-corrected chi connectivity index (χ1v) is 5.76. The van der Waals surface area contributed by atoms with Crippen LogP contribution < -0.4 is 10.6 Å². The molecule has 18 heavy (non-hydrogen) atoms. The summed E-state index contributed by atoms with van der Waals surface area (Å²) < 4.78 is 0. The molecule has 0 aliphatic heterocycles. The van der Waals surface area contributed by atoms with Gasteiger partial charge in [0.2, 0.25) is 0 Å². The number of rotatable bonds is 3. The average molecular weight is 261 g/mol. The van der Waals surface area contributed by atoms with Gasteiger partial charge in [0.1, 0.15) is 5.84 Å². The van der Waals surface area contributed by atoms with Crippen LogP contribution in [0.5, 0.6) is 0 Å². The highest BCUT2D eigenvalue weighted by Crippen LogP contribution is 2.29. The molecule has 0 saturated heterocycles. The minimum Gasteiger partial charge on any atom is -0.384 e. The molecule has 0 unspecified atom stereocenters. The number of benzene rings is 1. The third-order valence-corrected chi connectivity index (χ3v) is 2.91. The molecule has 5 heteroatoms. The maximum atomic E-state index is 7.58. The van der Waals surface area contributed by atoms with Crippen molar-refractivity contribution in [2.45, 2.75) is 0 Å². The number of aromatic nitrogens is 1. The monoisotopic (exact) mass is 260 g/mol. The highest BCUT2D eigenvalue weighted by Gasteiger charge is 2.13. The number of hydrogen-bond acceptors (Lipinski definition) is 3. The summed E-state index contributed by atoms with van der Waals surface area (Å²) >= 11 is 6.11. The quantitative estimate of drug-likeness (QED) is 0.659. The summed E-state index contributed by atoms with van der Waals surface area (Å²) in [4.78, 5) is 6.06. The van der Waals surface area contributed by atoms with Crippen molar-refractivity contribution in [3.63, 3.8) is 0 Å². The summed E-state index contributed by atoms with van der Waals surface area (Å²) in [6, 6.07) is 10.9. The highest BCUT2D eigenvalue weighted by atomic mass is 35.5. The van der Waals surface area contributed by atoms with Gasteiger partial charge in [0, 0.05) is 18.8 Å². The summed E-state index contributed by atoms with van der Waals surface area (Å²) in [7, 11) is 1.84. The fourth-order valence-corrected chi connectivity index (χ4v) is 1.98. The van der Waals surface area contributed by atoms with Gasteiger partial charge in [-0.25, -0.2) is 4.98 Å². The van der Waals surface area contributed by atoms with Crippen molar-refractivity contribution in [3.8, 4) is 0 Å². The number of nitrogens with two attached hydrogens (primary N) is 1. The van der Waals surface area contributed by atoms with E-state index in [1.807, 2.05) is 30.1 Å². The third-order valence-electron chi connectivity index (χ3n) is 2.61. The van der Waals surface area contributed by atoms with E-state index in [9.17, 15) is 0 Å². The number of halogens is 1. The second-order valence-electron chi connectivity index (χ2n) is 3.80. The molecule has 3 N–H and O–H groups in total. The Morgan fingerprint density at radius 1 is 1.28 bits per heavy atom. The van der Waals surface area contributed by atoms with Gasteiger partial charge in [0.15, 0.2) is 5.82 Å². The van der Waals surface area contributed by atoms with Crippen molar-refractivity contribution >= 4 is 28.9 Å². The molecule has 0 radical (unpaired) electrons. The van der Waals surface area contributed by atoms with E-state index in [4.69, 9.17) is 22.7 Å². The topological polar surface area (TPSA) is 66.0 Å². The minimum absolute atomic E-state index is 0.0181. The van der Waals surface area contributed by atoms with Crippen LogP contribution in [-0.2, 0) is 0 Å². The maximum absolute atomic E-state index is 7.58. The first-order valence-electron chi connectivity index (χ1n) is 5.39. The zero-order chi connectivity index (χ0) is 13.1. The normalized spacial score (nSPS) is 10.1. The van der Waals surface area contributed by atoms with Crippen molar-refractivity contribution in [2.24, 2.45) is 5.73 Å². The molecule has 1 heterocycles. The Bertz CT molecular complexity index is 583. The summed E-state index contributed by atoms with van der Waals surface area (Å²) in [5.41, 5.74) is 7.02. The SMILES string of the molecule is CN(c1ccccc1C(=N)N)c1ncccc1Cl. The van der Waals surface area contributed by atoms with Gasteiger partial charge in [-0.1, -0.05) is 23.7 Å². The van der Waals surface area contributed by atoms with E-state index < -0.39 is 0 Å². The molecule has 0 aliphatic carbocycles. The Morgan fingerprint density at radius 3 is 2.67 bits per heavy atom. The van der Waals surface area contributed by atoms with Crippen LogP contribution in [0.15, 0.2) is 42.6 Å². The molecule has 1 aromatic heterocycles. The van der Waals surface area contributed by atoms with Crippen LogP contribution in [0.2, 0.25) is 5.02 Å². The third kappa shape index (κ3) is 2.28. The smallest absolute Gasteiger partial charge is 0.151 e. The lowest BCUT2D eigenvalue weighted by atomic mass is 10.1. The fraction of sp³-hybridized carbons (Fsp3) is 0.0769. The largest absolute Gasteiger partial charge is 0.384 e. The standard InChI is InChI=1S/C13H13ClN4/c1-18(13-10(14)6-4-8-17-13)11-7-3-2-5-9(11)12(15)16/h2-8H,1H3,(H3,15,16). The van der Waals surface area contributed by atoms with Gasteiger partial charge in [-0.05, 0) is 24.3 Å². The van der Waals surface area contributed by atoms with Crippen molar-refractivity contribution < 1.29 is 0 Å². The number of nitrogens with one attached hydrogen (secondary N) is 1. The first-order chi connectivity index (χ1) is 8.61. The first kappa shape index (κ1) is 12.4. The summed E-state index contributed by atoms with van der Waals surface area (Å²) in [5, 5.41) is 8.14. The molecular formula is C13H13ClN4. The Labute approximate surface area is 111 Å². The van der Waals surface area contributed by atoms with Gasteiger partial charge in [0.25, 0.3) is 0 Å². The van der Waals surface area contributed by atoms with Crippen LogP contribution in [0.3, 0.4) is 0 Å². The van der Waals surface area contributed by atoms with Gasteiger partial charge >= 0.3 is 0 Å². The molecule has 0 bridgehead atoms. The van der Waals surface area contributed by atoms with E-state index in [0.29, 0.717) is 16.4 Å². The van der Waals surface area contributed by atoms with Crippen LogP contribution >= 0.6 is 11.6 Å². The van der Waals surface area contributed by atoms with Crippen molar-refractivity contribution in [1.29, 1.82) is 5.41 Å². The molecule has 4 nitrogen and oxygen atoms in total. The molecule has 0 aliphatic rings. The Balaban J connectivity index is 2.50. The van der Waals surface area contributed by atoms with Gasteiger partial charge < -0.3 is 10.6 Å². The Hall–Kier alpha value is -2.07. The van der Waals surface area contributed by atoms with E-state index in [1.54, 1.807) is 24.4 Å². The van der Waals surface area contributed by atoms with Crippen molar-refractivity contribution in [1.82, 2.24) is 4.98 Å². The molecule has 0 fully saturated rings. The number of nitrogen functional groups attached to an aromatic ring is 1. The number of para-hydroxylation sites is 1. The number of anilines is 2.